The van der Waals surface area contributed by atoms with Gasteiger partial charge < -0.3 is 5.73 Å². The predicted octanol–water partition coefficient (Wildman–Crippen LogP) is 3.14. The first-order chi connectivity index (χ1) is 9.16. The summed E-state index contributed by atoms with van der Waals surface area (Å²) in [5.74, 6) is 0. The molecule has 0 aromatic heterocycles. The Hall–Kier alpha value is -1.52. The molecule has 1 rings (SSSR count). The number of sulfone groups is 1. The predicted molar refractivity (Wildman–Crippen MR) is 58.7 cm³/mol. The lowest BCUT2D eigenvalue weighted by molar-refractivity contribution is -0.305. The molecule has 1 aromatic rings. The number of rotatable bonds is 2. The van der Waals surface area contributed by atoms with Crippen molar-refractivity contribution in [3.05, 3.63) is 23.8 Å². The summed E-state index contributed by atoms with van der Waals surface area (Å²) in [5, 5.41) is -6.41. The second-order valence-electron chi connectivity index (χ2n) is 4.11. The van der Waals surface area contributed by atoms with Crippen LogP contribution in [0.4, 0.5) is 36.4 Å². The van der Waals surface area contributed by atoms with Gasteiger partial charge in [-0.3, -0.25) is 0 Å². The first-order valence-electron chi connectivity index (χ1n) is 5.09. The second-order valence-corrected chi connectivity index (χ2v) is 6.15. The van der Waals surface area contributed by atoms with Gasteiger partial charge in [-0.2, -0.15) is 26.3 Å². The molecule has 0 bridgehead atoms. The average Bonchev–Trinajstić information content (AvgIpc) is 2.28. The summed E-state index contributed by atoms with van der Waals surface area (Å²) in [6, 6.07) is 1.59. The first-order valence-corrected chi connectivity index (χ1v) is 6.57. The van der Waals surface area contributed by atoms with E-state index in [1.165, 1.54) is 0 Å². The van der Waals surface area contributed by atoms with Crippen molar-refractivity contribution in [2.45, 2.75) is 29.2 Å². The number of anilines is 1. The van der Waals surface area contributed by atoms with Gasteiger partial charge in [-0.1, -0.05) is 0 Å². The second kappa shape index (κ2) is 4.75. The summed E-state index contributed by atoms with van der Waals surface area (Å²) < 4.78 is 112. The molecule has 120 valence electrons. The Morgan fingerprint density at radius 3 is 1.71 bits per heavy atom. The number of hydrogen-bond donors (Lipinski definition) is 1. The van der Waals surface area contributed by atoms with Gasteiger partial charge in [0.15, 0.2) is 0 Å². The number of aryl methyl sites for hydroxylation is 1. The van der Waals surface area contributed by atoms with Crippen LogP contribution in [0.15, 0.2) is 23.1 Å². The molecule has 3 nitrogen and oxygen atoms in total. The minimum absolute atomic E-state index is 0.0718. The van der Waals surface area contributed by atoms with E-state index < -0.39 is 32.1 Å². The fourth-order valence-electron chi connectivity index (χ4n) is 1.44. The van der Waals surface area contributed by atoms with E-state index in [9.17, 15) is 39.2 Å². The molecule has 21 heavy (non-hydrogen) atoms. The van der Waals surface area contributed by atoms with E-state index in [0.29, 0.717) is 12.1 Å². The van der Waals surface area contributed by atoms with Crippen molar-refractivity contribution < 1.29 is 39.2 Å². The minimum atomic E-state index is -6.70. The lowest BCUT2D eigenvalue weighted by atomic mass is 10.2. The van der Waals surface area contributed by atoms with Crippen molar-refractivity contribution in [1.29, 1.82) is 0 Å². The third-order valence-electron chi connectivity index (χ3n) is 2.65. The molecular weight excluding hydrogens is 331 g/mol. The van der Waals surface area contributed by atoms with Crippen molar-refractivity contribution in [3.63, 3.8) is 0 Å². The standard InChI is InChI=1S/C10H8F7NO2S/c1-5-4-6(2-3-7(5)18)21(19,20)8(11,9(12,13)14)10(15,16)17/h2-4H,18H2,1H3. The van der Waals surface area contributed by atoms with E-state index in [0.717, 1.165) is 13.0 Å². The van der Waals surface area contributed by atoms with Crippen LogP contribution in [0.1, 0.15) is 5.56 Å². The molecule has 0 radical (unpaired) electrons. The van der Waals surface area contributed by atoms with Gasteiger partial charge in [0.2, 0.25) is 9.84 Å². The van der Waals surface area contributed by atoms with Gasteiger partial charge in [0.1, 0.15) is 0 Å². The maximum atomic E-state index is 13.6. The Kier molecular flexibility index (Phi) is 3.97. The molecule has 0 aliphatic carbocycles. The third kappa shape index (κ3) is 2.54. The van der Waals surface area contributed by atoms with E-state index in [4.69, 9.17) is 5.73 Å². The Morgan fingerprint density at radius 2 is 1.38 bits per heavy atom. The van der Waals surface area contributed by atoms with Crippen molar-refractivity contribution in [2.24, 2.45) is 0 Å². The summed E-state index contributed by atoms with van der Waals surface area (Å²) in [7, 11) is -6.43. The van der Waals surface area contributed by atoms with Gasteiger partial charge in [0.25, 0.3) is 0 Å². The van der Waals surface area contributed by atoms with Crippen LogP contribution in [0.3, 0.4) is 0 Å². The molecule has 0 saturated carbocycles. The highest BCUT2D eigenvalue weighted by Crippen LogP contribution is 2.51. The number of benzene rings is 1. The van der Waals surface area contributed by atoms with E-state index in [-0.39, 0.29) is 11.3 Å². The highest BCUT2D eigenvalue weighted by Gasteiger charge is 2.80. The van der Waals surface area contributed by atoms with E-state index in [2.05, 4.69) is 0 Å². The summed E-state index contributed by atoms with van der Waals surface area (Å²) in [6.07, 6.45) is -13.4. The molecular formula is C10H8F7NO2S. The third-order valence-corrected chi connectivity index (χ3v) is 4.73. The molecule has 0 aliphatic rings. The zero-order valence-electron chi connectivity index (χ0n) is 10.2. The molecule has 0 saturated heterocycles. The lowest BCUT2D eigenvalue weighted by Gasteiger charge is -2.29. The average molecular weight is 339 g/mol. The van der Waals surface area contributed by atoms with Gasteiger partial charge >= 0.3 is 17.4 Å². The summed E-state index contributed by atoms with van der Waals surface area (Å²) in [6.45, 7) is 1.15. The number of nitrogens with two attached hydrogens (primary N) is 1. The SMILES string of the molecule is Cc1cc(S(=O)(=O)C(F)(C(F)(F)F)C(F)(F)F)ccc1N. The number of halogens is 7. The molecule has 11 heteroatoms. The van der Waals surface area contributed by atoms with Crippen LogP contribution in [0.25, 0.3) is 0 Å². The Morgan fingerprint density at radius 1 is 0.952 bits per heavy atom. The molecule has 0 aliphatic heterocycles. The zero-order valence-corrected chi connectivity index (χ0v) is 11.0. The van der Waals surface area contributed by atoms with Crippen LogP contribution in [-0.2, 0) is 9.84 Å². The molecule has 0 heterocycles. The largest absolute Gasteiger partial charge is 0.447 e. The zero-order chi connectivity index (χ0) is 16.9. The van der Waals surface area contributed by atoms with Gasteiger partial charge in [-0.05, 0) is 30.7 Å². The maximum absolute atomic E-state index is 13.6. The number of nitrogen functional groups attached to an aromatic ring is 1. The molecule has 1 aromatic carbocycles. The highest BCUT2D eigenvalue weighted by atomic mass is 32.2. The Bertz CT molecular complexity index is 634. The maximum Gasteiger partial charge on any atom is 0.447 e. The van der Waals surface area contributed by atoms with Crippen LogP contribution in [0.2, 0.25) is 0 Å². The van der Waals surface area contributed by atoms with Gasteiger partial charge in [0.05, 0.1) is 4.90 Å². The molecule has 0 spiro atoms. The van der Waals surface area contributed by atoms with Crippen LogP contribution >= 0.6 is 0 Å². The van der Waals surface area contributed by atoms with Gasteiger partial charge in [-0.15, -0.1) is 0 Å². The van der Waals surface area contributed by atoms with Crippen molar-refractivity contribution in [2.75, 3.05) is 5.73 Å². The topological polar surface area (TPSA) is 60.2 Å². The number of alkyl halides is 7. The first kappa shape index (κ1) is 17.5. The van der Waals surface area contributed by atoms with Crippen LogP contribution in [0, 0.1) is 6.92 Å². The molecule has 0 unspecified atom stereocenters. The van der Waals surface area contributed by atoms with Gasteiger partial charge in [0, 0.05) is 5.69 Å². The monoisotopic (exact) mass is 339 g/mol. The summed E-state index contributed by atoms with van der Waals surface area (Å²) in [5.41, 5.74) is 5.10. The van der Waals surface area contributed by atoms with Crippen molar-refractivity contribution >= 4 is 15.5 Å². The Balaban J connectivity index is 3.68. The lowest BCUT2D eigenvalue weighted by Crippen LogP contribution is -2.58. The Labute approximate surface area is 114 Å². The molecule has 2 N–H and O–H groups in total. The minimum Gasteiger partial charge on any atom is -0.399 e. The van der Waals surface area contributed by atoms with Crippen LogP contribution < -0.4 is 5.73 Å². The smallest absolute Gasteiger partial charge is 0.399 e. The molecule has 0 amide bonds. The normalized spacial score (nSPS) is 14.3. The highest BCUT2D eigenvalue weighted by molar-refractivity contribution is 7.92. The quantitative estimate of drug-likeness (QED) is 0.665. The summed E-state index contributed by atoms with van der Waals surface area (Å²) in [4.78, 5) is -1.47. The van der Waals surface area contributed by atoms with E-state index >= 15 is 0 Å². The van der Waals surface area contributed by atoms with E-state index in [1.807, 2.05) is 0 Å². The fourth-order valence-corrected chi connectivity index (χ4v) is 2.96. The summed E-state index contributed by atoms with van der Waals surface area (Å²) >= 11 is 0. The van der Waals surface area contributed by atoms with Crippen molar-refractivity contribution in [3.8, 4) is 0 Å². The van der Waals surface area contributed by atoms with Crippen LogP contribution in [0.5, 0.6) is 0 Å². The number of hydrogen-bond acceptors (Lipinski definition) is 3. The van der Waals surface area contributed by atoms with Gasteiger partial charge in [-0.25, -0.2) is 12.8 Å². The van der Waals surface area contributed by atoms with E-state index in [1.54, 1.807) is 0 Å². The fraction of sp³-hybridized carbons (Fsp3) is 0.400. The molecule has 0 fully saturated rings. The van der Waals surface area contributed by atoms with Crippen molar-refractivity contribution in [1.82, 2.24) is 0 Å². The molecule has 0 atom stereocenters. The van der Waals surface area contributed by atoms with Crippen LogP contribution in [-0.4, -0.2) is 25.8 Å².